The van der Waals surface area contributed by atoms with E-state index in [9.17, 15) is 56.7 Å². The number of para-hydroxylation sites is 1. The number of phosphoric ester groups is 2. The number of carbonyl (C=O) groups excluding carboxylic acids is 6. The van der Waals surface area contributed by atoms with Crippen molar-refractivity contribution >= 4 is 85.0 Å². The largest absolute Gasteiger partial charge is 0.475 e. The second-order valence-electron chi connectivity index (χ2n) is 31.6. The van der Waals surface area contributed by atoms with Gasteiger partial charge < -0.3 is 60.7 Å². The molecular formula is C97H151O30P5. The predicted molar refractivity (Wildman–Crippen MR) is 514 cm³/mol. The number of ether oxygens (including phenoxy) is 6. The van der Waals surface area contributed by atoms with Crippen molar-refractivity contribution in [2.45, 2.75) is 245 Å². The first-order chi connectivity index (χ1) is 62.7. The molecule has 132 heavy (non-hydrogen) atoms. The number of aliphatic hydroxyl groups is 1. The second kappa shape index (κ2) is 67.3. The maximum atomic E-state index is 12.5. The highest BCUT2D eigenvalue weighted by Crippen LogP contribution is 2.52. The Morgan fingerprint density at radius 2 is 0.758 bits per heavy atom. The lowest BCUT2D eigenvalue weighted by atomic mass is 9.97. The molecule has 6 aromatic rings. The summed E-state index contributed by atoms with van der Waals surface area (Å²) in [7, 11) is -16.1. The van der Waals surface area contributed by atoms with Gasteiger partial charge in [-0.05, 0) is 232 Å². The molecule has 0 aromatic heterocycles. The number of unbranched alkanes of at least 4 members (excludes halogenated alkanes) is 3. The van der Waals surface area contributed by atoms with Gasteiger partial charge >= 0.3 is 74.2 Å². The minimum absolute atomic E-state index is 0.00684. The molecule has 744 valence electrons. The third-order valence-electron chi connectivity index (χ3n) is 19.1. The van der Waals surface area contributed by atoms with Gasteiger partial charge in [0, 0.05) is 26.9 Å². The molecule has 7 unspecified atom stereocenters. The first-order valence-corrected chi connectivity index (χ1v) is 54.8. The normalized spacial score (nSPS) is 13.7. The topological polar surface area (TPSA) is 374 Å². The Morgan fingerprint density at radius 3 is 1.20 bits per heavy atom. The van der Waals surface area contributed by atoms with Gasteiger partial charge in [-0.3, -0.25) is 64.8 Å². The van der Waals surface area contributed by atoms with Gasteiger partial charge in [0.1, 0.15) is 29.8 Å². The molecule has 7 atom stereocenters. The molecule has 0 bridgehead atoms. The van der Waals surface area contributed by atoms with Crippen LogP contribution < -0.4 is 9.47 Å². The smallest absolute Gasteiger partial charge is 0.465 e. The van der Waals surface area contributed by atoms with Crippen LogP contribution in [-0.2, 0) is 146 Å². The fourth-order valence-electron chi connectivity index (χ4n) is 12.4. The highest BCUT2D eigenvalue weighted by molar-refractivity contribution is 7.53. The molecule has 0 radical (unpaired) electrons. The van der Waals surface area contributed by atoms with Gasteiger partial charge in [0.05, 0.1) is 123 Å². The fraction of sp³-hybridized carbons (Fsp3) is 0.588. The van der Waals surface area contributed by atoms with Crippen LogP contribution in [0.15, 0.2) is 133 Å². The van der Waals surface area contributed by atoms with Crippen LogP contribution in [0.4, 0.5) is 0 Å². The van der Waals surface area contributed by atoms with Crippen LogP contribution in [0, 0.1) is 17.8 Å². The summed E-state index contributed by atoms with van der Waals surface area (Å²) in [5.74, 6) is -1.37. The highest BCUT2D eigenvalue weighted by atomic mass is 31.2. The van der Waals surface area contributed by atoms with Crippen LogP contribution in [0.5, 0.6) is 11.5 Å². The number of phosphoric acid groups is 2. The van der Waals surface area contributed by atoms with Gasteiger partial charge in [-0.15, -0.1) is 0 Å². The zero-order valence-corrected chi connectivity index (χ0v) is 86.2. The molecule has 0 saturated heterocycles. The second-order valence-corrected chi connectivity index (χ2v) is 41.1. The van der Waals surface area contributed by atoms with Gasteiger partial charge in [0.15, 0.2) is 0 Å². The molecule has 0 aliphatic heterocycles. The molecule has 0 fully saturated rings. The summed E-state index contributed by atoms with van der Waals surface area (Å²) in [5, 5.41) is 11.3. The van der Waals surface area contributed by atoms with E-state index in [2.05, 4.69) is 65.8 Å². The van der Waals surface area contributed by atoms with Gasteiger partial charge in [-0.1, -0.05) is 164 Å². The molecule has 0 saturated carbocycles. The highest BCUT2D eigenvalue weighted by Gasteiger charge is 2.32. The molecule has 30 nitrogen and oxygen atoms in total. The van der Waals surface area contributed by atoms with Crippen LogP contribution in [0.2, 0.25) is 0 Å². The van der Waals surface area contributed by atoms with Gasteiger partial charge in [-0.2, -0.15) is 0 Å². The van der Waals surface area contributed by atoms with E-state index in [0.29, 0.717) is 115 Å². The maximum Gasteiger partial charge on any atom is 0.475 e. The van der Waals surface area contributed by atoms with Crippen molar-refractivity contribution in [2.75, 3.05) is 112 Å². The predicted octanol–water partition coefficient (Wildman–Crippen LogP) is 24.3. The molecular weight excluding hydrogens is 1800 g/mol. The number of carbonyl (C=O) groups is 6. The van der Waals surface area contributed by atoms with E-state index in [1.807, 2.05) is 81.4 Å². The van der Waals surface area contributed by atoms with Crippen molar-refractivity contribution in [3.63, 3.8) is 0 Å². The minimum Gasteiger partial charge on any atom is -0.465 e. The summed E-state index contributed by atoms with van der Waals surface area (Å²) in [5.41, 5.74) is 7.12. The molecule has 1 N–H and O–H groups in total. The molecule has 0 aliphatic rings. The van der Waals surface area contributed by atoms with Gasteiger partial charge in [0.25, 0.3) is 0 Å². The minimum atomic E-state index is -3.71. The summed E-state index contributed by atoms with van der Waals surface area (Å²) in [6.45, 7) is 41.7. The Morgan fingerprint density at radius 1 is 0.371 bits per heavy atom. The van der Waals surface area contributed by atoms with E-state index in [1.54, 1.807) is 91.8 Å². The lowest BCUT2D eigenvalue weighted by Gasteiger charge is -2.22. The van der Waals surface area contributed by atoms with E-state index >= 15 is 0 Å². The van der Waals surface area contributed by atoms with E-state index < -0.39 is 56.5 Å². The molecule has 6 aromatic carbocycles. The summed E-state index contributed by atoms with van der Waals surface area (Å²) in [6, 6.07) is 41.1. The van der Waals surface area contributed by atoms with Crippen molar-refractivity contribution in [3.8, 4) is 11.5 Å². The lowest BCUT2D eigenvalue weighted by molar-refractivity contribution is -0.149. The standard InChI is InChI=1S/C23H31O5P.C21H29O6P.C20H33O5P.C17H25O8P.C16H33O6P/c1-6-26-29(5,25)27-16-20-9-13-22(14-10-20)28-23(24)18(4)21-11-7-19(8-12-21)15-17(2)3;1-4-26-28(3,24)27-12-6-5-11-25-21(23)16(2)18-9-10-19-13-17(15-22)7-8-20(19)14-18;1-6-24-26(5,22)25-14-8-7-13-23-20(21)17(4)19-11-9-18(10-12-19)15-16(2)3;1-5-14(25-26(20,22-6-2)23-7-3)12-21-17(19)15-10-8-9-11-16(15)24-13(4)18;1-5-11-15(12-6-2)16(17)19-13-9-10-14-22-23(18,20-7-3)21-8-4/h7-14,17-18H,6,15-16H2,1-5H3;7-10,13-14,16,22H,4-6,11-12,15H2,1-3H3;9-12,16-17H,6-8,13-15H2,1-5H3;8-11,14H,5-7,12H2,1-4H3;15H,5-14H2,1-4H3. The van der Waals surface area contributed by atoms with Crippen molar-refractivity contribution in [3.05, 3.63) is 178 Å². The number of hydrogen-bond acceptors (Lipinski definition) is 30. The number of aliphatic hydroxyl groups excluding tert-OH is 1. The fourth-order valence-corrected chi connectivity index (χ4v) is 17.9. The molecule has 0 spiro atoms. The van der Waals surface area contributed by atoms with Crippen LogP contribution in [0.1, 0.15) is 262 Å². The molecule has 0 aliphatic carbocycles. The number of rotatable bonds is 59. The first-order valence-electron chi connectivity index (χ1n) is 45.9. The van der Waals surface area contributed by atoms with Gasteiger partial charge in [-0.25, -0.2) is 13.9 Å². The van der Waals surface area contributed by atoms with Crippen LogP contribution >= 0.6 is 38.4 Å². The first kappa shape index (κ1) is 121. The van der Waals surface area contributed by atoms with E-state index in [1.165, 1.54) is 50.2 Å². The number of fused-ring (bicyclic) bond motifs is 1. The Hall–Kier alpha value is -6.97. The molecule has 0 heterocycles. The average Bonchev–Trinajstić information content (AvgIpc) is 0.812. The van der Waals surface area contributed by atoms with Crippen molar-refractivity contribution in [1.82, 2.24) is 0 Å². The van der Waals surface area contributed by atoms with Gasteiger partial charge in [0.2, 0.25) is 0 Å². The zero-order valence-electron chi connectivity index (χ0n) is 81.8. The third-order valence-corrected chi connectivity index (χ3v) is 26.6. The molecule has 0 amide bonds. The van der Waals surface area contributed by atoms with Crippen LogP contribution in [0.25, 0.3) is 10.8 Å². The van der Waals surface area contributed by atoms with E-state index in [0.717, 1.165) is 77.1 Å². The Labute approximate surface area is 785 Å². The molecule has 35 heteroatoms. The van der Waals surface area contributed by atoms with E-state index in [-0.39, 0.29) is 112 Å². The number of hydrogen-bond donors (Lipinski definition) is 1. The van der Waals surface area contributed by atoms with E-state index in [4.69, 9.17) is 82.7 Å². The Bertz CT molecular complexity index is 4500. The summed E-state index contributed by atoms with van der Waals surface area (Å²) in [4.78, 5) is 72.3. The lowest BCUT2D eigenvalue weighted by Crippen LogP contribution is -2.22. The summed E-state index contributed by atoms with van der Waals surface area (Å²) < 4.78 is 153. The average molecular weight is 1950 g/mol. The Kier molecular flexibility index (Phi) is 61.7. The van der Waals surface area contributed by atoms with Crippen LogP contribution in [-0.4, -0.2) is 160 Å². The SMILES string of the molecule is CCCC(CCC)C(=O)OCCCCOP(=O)(OCC)OCC.CCOP(=O)(OCC)OC(CC)COC(=O)c1ccccc1OC(C)=O.CCOP(C)(=O)OCCCCOC(=O)C(C)c1ccc(CC(C)C)cc1.CCOP(C)(=O)OCCCCOC(=O)C(C)c1ccc2cc(CO)ccc2c1.CCOP(C)(=O)OCc1ccc(OC(=O)C(C)c2ccc(CC(C)C)cc2)cc1. The monoisotopic (exact) mass is 1950 g/mol. The zero-order chi connectivity index (χ0) is 98.7. The van der Waals surface area contributed by atoms with Crippen LogP contribution in [0.3, 0.4) is 0 Å². The maximum absolute atomic E-state index is 12.5. The summed E-state index contributed by atoms with van der Waals surface area (Å²) >= 11 is 0. The number of esters is 6. The van der Waals surface area contributed by atoms with Crippen molar-refractivity contribution < 1.29 is 139 Å². The quantitative estimate of drug-likeness (QED) is 0.0122. The number of benzene rings is 6. The third kappa shape index (κ3) is 51.8. The van der Waals surface area contributed by atoms with Crippen molar-refractivity contribution in [2.24, 2.45) is 17.8 Å². The Balaban J connectivity index is 0.000000560. The molecule has 6 rings (SSSR count). The van der Waals surface area contributed by atoms with Crippen molar-refractivity contribution in [1.29, 1.82) is 0 Å². The summed E-state index contributed by atoms with van der Waals surface area (Å²) in [6.07, 6.45) is 9.41.